The molecule has 0 aliphatic carbocycles. The normalized spacial score (nSPS) is 17.3. The molecule has 1 heterocycles. The molecule has 0 radical (unpaired) electrons. The highest BCUT2D eigenvalue weighted by Crippen LogP contribution is 2.33. The number of benzene rings is 1. The van der Waals surface area contributed by atoms with Gasteiger partial charge in [-0.2, -0.15) is 0 Å². The molecule has 0 spiro atoms. The van der Waals surface area contributed by atoms with Gasteiger partial charge in [-0.3, -0.25) is 0 Å². The number of hydrogen-bond donors (Lipinski definition) is 1. The van der Waals surface area contributed by atoms with Gasteiger partial charge in [-0.25, -0.2) is 0 Å². The molecular formula is C14H21NO3. The number of rotatable bonds is 5. The smallest absolute Gasteiger partial charge is 0.161 e. The van der Waals surface area contributed by atoms with Crippen molar-refractivity contribution in [2.45, 2.75) is 26.0 Å². The average molecular weight is 251 g/mol. The quantitative estimate of drug-likeness (QED) is 0.870. The average Bonchev–Trinajstić information content (AvgIpc) is 2.40. The van der Waals surface area contributed by atoms with Crippen LogP contribution in [0.25, 0.3) is 0 Å². The molecule has 2 atom stereocenters. The minimum atomic E-state index is 0.113. The number of ether oxygens (including phenoxy) is 3. The van der Waals surface area contributed by atoms with Gasteiger partial charge in [-0.05, 0) is 38.6 Å². The lowest BCUT2D eigenvalue weighted by Crippen LogP contribution is -2.29. The van der Waals surface area contributed by atoms with Crippen LogP contribution >= 0.6 is 0 Å². The van der Waals surface area contributed by atoms with Crippen molar-refractivity contribution in [3.63, 3.8) is 0 Å². The molecule has 0 bridgehead atoms. The summed E-state index contributed by atoms with van der Waals surface area (Å²) in [7, 11) is 1.94. The molecular weight excluding hydrogens is 230 g/mol. The molecule has 1 aromatic rings. The van der Waals surface area contributed by atoms with Crippen molar-refractivity contribution in [3.8, 4) is 11.5 Å². The van der Waals surface area contributed by atoms with Crippen LogP contribution < -0.4 is 14.8 Å². The van der Waals surface area contributed by atoms with Crippen LogP contribution in [0.1, 0.15) is 25.5 Å². The van der Waals surface area contributed by atoms with Crippen LogP contribution in [-0.2, 0) is 4.74 Å². The second-order valence-electron chi connectivity index (χ2n) is 4.33. The second-order valence-corrected chi connectivity index (χ2v) is 4.33. The standard InChI is InChI=1S/C14H21NO3/c1-4-16-10(2)14(15-3)11-5-6-12-13(9-11)18-8-7-17-12/h5-6,9-10,14-15H,4,7-8H2,1-3H3. The third-order valence-electron chi connectivity index (χ3n) is 3.14. The Kier molecular flexibility index (Phi) is 4.44. The van der Waals surface area contributed by atoms with Gasteiger partial charge in [-0.15, -0.1) is 0 Å². The van der Waals surface area contributed by atoms with Gasteiger partial charge in [0.05, 0.1) is 12.1 Å². The first-order chi connectivity index (χ1) is 8.76. The third-order valence-corrected chi connectivity index (χ3v) is 3.14. The molecule has 0 aromatic heterocycles. The summed E-state index contributed by atoms with van der Waals surface area (Å²) < 4.78 is 16.8. The summed E-state index contributed by atoms with van der Waals surface area (Å²) in [6.07, 6.45) is 0.113. The molecule has 1 N–H and O–H groups in total. The molecule has 0 amide bonds. The van der Waals surface area contributed by atoms with Crippen LogP contribution in [0.2, 0.25) is 0 Å². The molecule has 0 saturated carbocycles. The predicted octanol–water partition coefficient (Wildman–Crippen LogP) is 2.14. The largest absolute Gasteiger partial charge is 0.486 e. The van der Waals surface area contributed by atoms with Crippen molar-refractivity contribution in [2.24, 2.45) is 0 Å². The molecule has 18 heavy (non-hydrogen) atoms. The summed E-state index contributed by atoms with van der Waals surface area (Å²) in [4.78, 5) is 0. The number of nitrogens with one attached hydrogen (secondary N) is 1. The molecule has 0 fully saturated rings. The Hall–Kier alpha value is -1.26. The van der Waals surface area contributed by atoms with Gasteiger partial charge in [0, 0.05) is 6.61 Å². The Labute approximate surface area is 108 Å². The van der Waals surface area contributed by atoms with E-state index >= 15 is 0 Å². The molecule has 1 aliphatic heterocycles. The summed E-state index contributed by atoms with van der Waals surface area (Å²) in [6, 6.07) is 6.21. The maximum atomic E-state index is 5.66. The zero-order valence-corrected chi connectivity index (χ0v) is 11.2. The minimum Gasteiger partial charge on any atom is -0.486 e. The van der Waals surface area contributed by atoms with Crippen molar-refractivity contribution in [1.82, 2.24) is 5.32 Å². The monoisotopic (exact) mass is 251 g/mol. The van der Waals surface area contributed by atoms with E-state index in [2.05, 4.69) is 18.3 Å². The van der Waals surface area contributed by atoms with Crippen molar-refractivity contribution in [2.75, 3.05) is 26.9 Å². The SMILES string of the molecule is CCOC(C)C(NC)c1ccc2c(c1)OCCO2. The predicted molar refractivity (Wildman–Crippen MR) is 70.3 cm³/mol. The molecule has 1 aromatic carbocycles. The lowest BCUT2D eigenvalue weighted by molar-refractivity contribution is 0.0491. The highest BCUT2D eigenvalue weighted by atomic mass is 16.6. The van der Waals surface area contributed by atoms with Crippen molar-refractivity contribution in [1.29, 1.82) is 0 Å². The highest BCUT2D eigenvalue weighted by Gasteiger charge is 2.20. The van der Waals surface area contributed by atoms with Gasteiger partial charge >= 0.3 is 0 Å². The maximum absolute atomic E-state index is 5.66. The Bertz CT molecular complexity index is 395. The first kappa shape index (κ1) is 13.2. The van der Waals surface area contributed by atoms with Crippen LogP contribution in [0, 0.1) is 0 Å². The van der Waals surface area contributed by atoms with E-state index in [1.54, 1.807) is 0 Å². The molecule has 100 valence electrons. The van der Waals surface area contributed by atoms with E-state index in [1.807, 2.05) is 26.1 Å². The van der Waals surface area contributed by atoms with E-state index in [9.17, 15) is 0 Å². The van der Waals surface area contributed by atoms with Gasteiger partial charge < -0.3 is 19.5 Å². The summed E-state index contributed by atoms with van der Waals surface area (Å²) in [5.74, 6) is 1.65. The Morgan fingerprint density at radius 3 is 2.67 bits per heavy atom. The first-order valence-corrected chi connectivity index (χ1v) is 6.44. The number of hydrogen-bond acceptors (Lipinski definition) is 4. The Morgan fingerprint density at radius 1 is 1.28 bits per heavy atom. The fourth-order valence-corrected chi connectivity index (χ4v) is 2.28. The van der Waals surface area contributed by atoms with Gasteiger partial charge in [0.15, 0.2) is 11.5 Å². The van der Waals surface area contributed by atoms with Crippen LogP contribution in [0.15, 0.2) is 18.2 Å². The maximum Gasteiger partial charge on any atom is 0.161 e. The van der Waals surface area contributed by atoms with Gasteiger partial charge in [0.1, 0.15) is 13.2 Å². The van der Waals surface area contributed by atoms with E-state index in [1.165, 1.54) is 0 Å². The Morgan fingerprint density at radius 2 is 2.00 bits per heavy atom. The molecule has 4 nitrogen and oxygen atoms in total. The van der Waals surface area contributed by atoms with Crippen molar-refractivity contribution >= 4 is 0 Å². The number of fused-ring (bicyclic) bond motifs is 1. The Balaban J connectivity index is 2.20. The van der Waals surface area contributed by atoms with Crippen LogP contribution in [0.3, 0.4) is 0 Å². The lowest BCUT2D eigenvalue weighted by Gasteiger charge is -2.26. The van der Waals surface area contributed by atoms with Crippen LogP contribution in [-0.4, -0.2) is 33.0 Å². The summed E-state index contributed by atoms with van der Waals surface area (Å²) in [6.45, 7) is 6.03. The van der Waals surface area contributed by atoms with E-state index in [-0.39, 0.29) is 12.1 Å². The van der Waals surface area contributed by atoms with E-state index < -0.39 is 0 Å². The topological polar surface area (TPSA) is 39.7 Å². The molecule has 2 unspecified atom stereocenters. The summed E-state index contributed by atoms with van der Waals surface area (Å²) >= 11 is 0. The highest BCUT2D eigenvalue weighted by molar-refractivity contribution is 5.44. The number of likely N-dealkylation sites (N-methyl/N-ethyl adjacent to an activating group) is 1. The van der Waals surface area contributed by atoms with Gasteiger partial charge in [0.2, 0.25) is 0 Å². The first-order valence-electron chi connectivity index (χ1n) is 6.44. The van der Waals surface area contributed by atoms with E-state index in [0.29, 0.717) is 19.8 Å². The zero-order chi connectivity index (χ0) is 13.0. The van der Waals surface area contributed by atoms with E-state index in [4.69, 9.17) is 14.2 Å². The zero-order valence-electron chi connectivity index (χ0n) is 11.2. The second kappa shape index (κ2) is 6.07. The van der Waals surface area contributed by atoms with Gasteiger partial charge in [0.25, 0.3) is 0 Å². The summed E-state index contributed by atoms with van der Waals surface area (Å²) in [5.41, 5.74) is 1.16. The summed E-state index contributed by atoms with van der Waals surface area (Å²) in [5, 5.41) is 3.29. The van der Waals surface area contributed by atoms with Crippen LogP contribution in [0.5, 0.6) is 11.5 Å². The lowest BCUT2D eigenvalue weighted by atomic mass is 10.0. The molecule has 4 heteroatoms. The van der Waals surface area contributed by atoms with E-state index in [0.717, 1.165) is 17.1 Å². The van der Waals surface area contributed by atoms with Crippen LogP contribution in [0.4, 0.5) is 0 Å². The fraction of sp³-hybridized carbons (Fsp3) is 0.571. The third kappa shape index (κ3) is 2.76. The van der Waals surface area contributed by atoms with Gasteiger partial charge in [-0.1, -0.05) is 6.07 Å². The van der Waals surface area contributed by atoms with Crippen molar-refractivity contribution < 1.29 is 14.2 Å². The fourth-order valence-electron chi connectivity index (χ4n) is 2.28. The molecule has 0 saturated heterocycles. The molecule has 1 aliphatic rings. The van der Waals surface area contributed by atoms with Crippen molar-refractivity contribution in [3.05, 3.63) is 23.8 Å². The molecule has 2 rings (SSSR count). The minimum absolute atomic E-state index is 0.113.